The summed E-state index contributed by atoms with van der Waals surface area (Å²) in [7, 11) is 1.41. The average molecular weight is 597 g/mol. The second-order valence-electron chi connectivity index (χ2n) is 9.36. The van der Waals surface area contributed by atoms with Gasteiger partial charge in [-0.1, -0.05) is 6.07 Å². The van der Waals surface area contributed by atoms with E-state index in [1.165, 1.54) is 13.1 Å². The van der Waals surface area contributed by atoms with Crippen LogP contribution in [-0.2, 0) is 38.0 Å². The van der Waals surface area contributed by atoms with Crippen LogP contribution in [0.1, 0.15) is 47.4 Å². The van der Waals surface area contributed by atoms with Crippen molar-refractivity contribution in [3.8, 4) is 5.75 Å². The van der Waals surface area contributed by atoms with Crippen LogP contribution in [0.2, 0.25) is 0 Å². The maximum atomic E-state index is 13.1. The summed E-state index contributed by atoms with van der Waals surface area (Å²) in [5, 5.41) is 2.45. The molecule has 1 atom stereocenters. The number of likely N-dealkylation sites (N-methyl/N-ethyl adjacent to an activating group) is 1. The van der Waals surface area contributed by atoms with Crippen molar-refractivity contribution in [3.05, 3.63) is 29.3 Å². The number of benzene rings is 1. The summed E-state index contributed by atoms with van der Waals surface area (Å²) in [5.41, 5.74) is 0.245. The Labute approximate surface area is 247 Å². The number of aldehydes is 1. The first kappa shape index (κ1) is 35.3. The molecule has 1 aromatic rings. The van der Waals surface area contributed by atoms with Crippen LogP contribution in [0.4, 0.5) is 0 Å². The van der Waals surface area contributed by atoms with E-state index in [-0.39, 0.29) is 49.0 Å². The topological polar surface area (TPSA) is 148 Å². The lowest BCUT2D eigenvalue weighted by Gasteiger charge is -2.24. The minimum Gasteiger partial charge on any atom is -0.490 e. The molecular weight excluding hydrogens is 552 g/mol. The highest BCUT2D eigenvalue weighted by molar-refractivity contribution is 6.24. The van der Waals surface area contributed by atoms with Gasteiger partial charge in [0.25, 0.3) is 11.8 Å². The minimum atomic E-state index is -1.09. The molecule has 13 heteroatoms. The van der Waals surface area contributed by atoms with Crippen molar-refractivity contribution in [2.75, 3.05) is 86.3 Å². The average Bonchev–Trinajstić information content (AvgIpc) is 3.24. The van der Waals surface area contributed by atoms with Crippen LogP contribution < -0.4 is 10.1 Å². The van der Waals surface area contributed by atoms with Crippen molar-refractivity contribution in [1.29, 1.82) is 0 Å². The van der Waals surface area contributed by atoms with E-state index in [1.807, 2.05) is 13.8 Å². The third-order valence-electron chi connectivity index (χ3n) is 5.98. The van der Waals surface area contributed by atoms with Gasteiger partial charge in [-0.3, -0.25) is 19.3 Å². The number of imide groups is 1. The Morgan fingerprint density at radius 1 is 0.810 bits per heavy atom. The first-order valence-electron chi connectivity index (χ1n) is 14.2. The number of hydrogen-bond donors (Lipinski definition) is 1. The molecule has 0 fully saturated rings. The predicted molar refractivity (Wildman–Crippen MR) is 151 cm³/mol. The van der Waals surface area contributed by atoms with Crippen LogP contribution in [-0.4, -0.2) is 127 Å². The van der Waals surface area contributed by atoms with Crippen molar-refractivity contribution >= 4 is 24.0 Å². The third-order valence-corrected chi connectivity index (χ3v) is 5.98. The normalized spacial score (nSPS) is 13.5. The molecule has 1 aromatic carbocycles. The van der Waals surface area contributed by atoms with Gasteiger partial charge in [0.05, 0.1) is 89.9 Å². The molecule has 1 aliphatic heterocycles. The van der Waals surface area contributed by atoms with Crippen LogP contribution in [0.15, 0.2) is 18.2 Å². The SMILES string of the molecule is CNC(=O)C(CCC=O)N1C(=O)c2cccc(OCCOCCOCCOCCOCCOCCOC(C)C)c2C1=O. The van der Waals surface area contributed by atoms with Crippen molar-refractivity contribution in [1.82, 2.24) is 10.2 Å². The summed E-state index contributed by atoms with van der Waals surface area (Å²) in [4.78, 5) is 50.2. The molecule has 0 saturated carbocycles. The van der Waals surface area contributed by atoms with Gasteiger partial charge in [0, 0.05) is 13.5 Å². The van der Waals surface area contributed by atoms with E-state index in [9.17, 15) is 19.2 Å². The first-order valence-corrected chi connectivity index (χ1v) is 14.2. The molecule has 13 nitrogen and oxygen atoms in total. The fraction of sp³-hybridized carbons (Fsp3) is 0.655. The van der Waals surface area contributed by atoms with Crippen LogP contribution in [0.3, 0.4) is 0 Å². The number of fused-ring (bicyclic) bond motifs is 1. The summed E-state index contributed by atoms with van der Waals surface area (Å²) in [6.07, 6.45) is 0.914. The fourth-order valence-electron chi connectivity index (χ4n) is 3.98. The van der Waals surface area contributed by atoms with E-state index in [0.29, 0.717) is 72.4 Å². The van der Waals surface area contributed by atoms with Gasteiger partial charge >= 0.3 is 0 Å². The molecule has 0 radical (unpaired) electrons. The second-order valence-corrected chi connectivity index (χ2v) is 9.36. The Kier molecular flexibility index (Phi) is 17.5. The quantitative estimate of drug-likeness (QED) is 0.0988. The van der Waals surface area contributed by atoms with E-state index >= 15 is 0 Å². The number of nitrogens with one attached hydrogen (secondary N) is 1. The standard InChI is InChI=1S/C29H44N2O11/c1-22(2)41-20-18-39-16-14-37-12-10-36-11-13-38-15-17-40-19-21-42-25-8-4-6-23-26(25)29(35)31(28(23)34)24(7-5-9-32)27(33)30-3/h4,6,8-9,22,24H,5,7,10-21H2,1-3H3,(H,30,33). The first-order chi connectivity index (χ1) is 20.4. The van der Waals surface area contributed by atoms with E-state index < -0.39 is 23.8 Å². The van der Waals surface area contributed by atoms with Crippen LogP contribution >= 0.6 is 0 Å². The lowest BCUT2D eigenvalue weighted by Crippen LogP contribution is -2.48. The number of carbonyl (C=O) groups excluding carboxylic acids is 4. The summed E-state index contributed by atoms with van der Waals surface area (Å²) in [6.45, 7) is 9.02. The molecule has 0 bridgehead atoms. The molecule has 1 unspecified atom stereocenters. The Balaban J connectivity index is 1.55. The summed E-state index contributed by atoms with van der Waals surface area (Å²) in [5.74, 6) is -1.53. The molecule has 0 spiro atoms. The minimum absolute atomic E-state index is 0.0318. The Hall–Kier alpha value is -2.94. The molecule has 0 aromatic heterocycles. The van der Waals surface area contributed by atoms with Gasteiger partial charge in [-0.25, -0.2) is 0 Å². The number of nitrogens with zero attached hydrogens (tertiary/aromatic N) is 1. The van der Waals surface area contributed by atoms with Crippen LogP contribution in [0, 0.1) is 0 Å². The van der Waals surface area contributed by atoms with Crippen LogP contribution in [0.5, 0.6) is 5.75 Å². The van der Waals surface area contributed by atoms with Crippen LogP contribution in [0.25, 0.3) is 0 Å². The third kappa shape index (κ3) is 12.1. The van der Waals surface area contributed by atoms with Crippen molar-refractivity contribution < 1.29 is 52.3 Å². The molecule has 1 heterocycles. The monoisotopic (exact) mass is 596 g/mol. The van der Waals surface area contributed by atoms with E-state index in [2.05, 4.69) is 5.32 Å². The molecule has 236 valence electrons. The number of ether oxygens (including phenoxy) is 7. The molecule has 2 rings (SSSR count). The molecular formula is C29H44N2O11. The predicted octanol–water partition coefficient (Wildman–Crippen LogP) is 1.26. The van der Waals surface area contributed by atoms with E-state index in [4.69, 9.17) is 33.2 Å². The summed E-state index contributed by atoms with van der Waals surface area (Å²) < 4.78 is 38.4. The number of rotatable bonds is 25. The molecule has 1 aliphatic rings. The maximum absolute atomic E-state index is 13.1. The Bertz CT molecular complexity index is 973. The van der Waals surface area contributed by atoms with Gasteiger partial charge in [0.1, 0.15) is 24.7 Å². The highest BCUT2D eigenvalue weighted by Gasteiger charge is 2.44. The van der Waals surface area contributed by atoms with Crippen molar-refractivity contribution in [2.24, 2.45) is 0 Å². The van der Waals surface area contributed by atoms with Crippen molar-refractivity contribution in [3.63, 3.8) is 0 Å². The highest BCUT2D eigenvalue weighted by atomic mass is 16.6. The molecule has 0 aliphatic carbocycles. The van der Waals surface area contributed by atoms with Gasteiger partial charge in [0.2, 0.25) is 5.91 Å². The summed E-state index contributed by atoms with van der Waals surface area (Å²) >= 11 is 0. The zero-order valence-electron chi connectivity index (χ0n) is 24.8. The zero-order chi connectivity index (χ0) is 30.6. The fourth-order valence-corrected chi connectivity index (χ4v) is 3.98. The molecule has 3 amide bonds. The Morgan fingerprint density at radius 3 is 1.83 bits per heavy atom. The van der Waals surface area contributed by atoms with E-state index in [0.717, 1.165) is 4.90 Å². The number of amides is 3. The lowest BCUT2D eigenvalue weighted by molar-refractivity contribution is -0.124. The molecule has 0 saturated heterocycles. The van der Waals surface area contributed by atoms with Gasteiger partial charge in [-0.15, -0.1) is 0 Å². The van der Waals surface area contributed by atoms with E-state index in [1.54, 1.807) is 12.1 Å². The number of carbonyl (C=O) groups is 4. The van der Waals surface area contributed by atoms with Gasteiger partial charge < -0.3 is 43.3 Å². The van der Waals surface area contributed by atoms with Gasteiger partial charge in [0.15, 0.2) is 0 Å². The van der Waals surface area contributed by atoms with Crippen molar-refractivity contribution in [2.45, 2.75) is 38.8 Å². The largest absolute Gasteiger partial charge is 0.490 e. The smallest absolute Gasteiger partial charge is 0.266 e. The lowest BCUT2D eigenvalue weighted by atomic mass is 10.1. The van der Waals surface area contributed by atoms with Gasteiger partial charge in [-0.05, 0) is 32.4 Å². The maximum Gasteiger partial charge on any atom is 0.266 e. The number of hydrogen-bond acceptors (Lipinski definition) is 11. The summed E-state index contributed by atoms with van der Waals surface area (Å²) in [6, 6.07) is 3.61. The molecule has 42 heavy (non-hydrogen) atoms. The zero-order valence-corrected chi connectivity index (χ0v) is 24.8. The highest BCUT2D eigenvalue weighted by Crippen LogP contribution is 2.33. The molecule has 1 N–H and O–H groups in total. The second kappa shape index (κ2) is 20.9. The van der Waals surface area contributed by atoms with Gasteiger partial charge in [-0.2, -0.15) is 0 Å². The Morgan fingerprint density at radius 2 is 1.33 bits per heavy atom.